The molecule has 1 aromatic carbocycles. The van der Waals surface area contributed by atoms with Crippen LogP contribution in [0.25, 0.3) is 0 Å². The molecule has 0 radical (unpaired) electrons. The highest BCUT2D eigenvalue weighted by Gasteiger charge is 2.23. The average Bonchev–Trinajstić information content (AvgIpc) is 2.61. The van der Waals surface area contributed by atoms with Crippen molar-refractivity contribution in [3.05, 3.63) is 30.3 Å². The van der Waals surface area contributed by atoms with Crippen LogP contribution in [0.2, 0.25) is 0 Å². The summed E-state index contributed by atoms with van der Waals surface area (Å²) in [6, 6.07) is 11.1. The molecule has 0 amide bonds. The van der Waals surface area contributed by atoms with Gasteiger partial charge in [0, 0.05) is 51.0 Å². The van der Waals surface area contributed by atoms with E-state index in [9.17, 15) is 5.11 Å². The molecule has 0 saturated carbocycles. The lowest BCUT2D eigenvalue weighted by Crippen LogP contribution is -2.50. The molecular formula is C18H29N3O. The van der Waals surface area contributed by atoms with Crippen molar-refractivity contribution in [3.63, 3.8) is 0 Å². The first-order valence-electron chi connectivity index (χ1n) is 8.74. The molecule has 22 heavy (non-hydrogen) atoms. The zero-order chi connectivity index (χ0) is 15.2. The maximum Gasteiger partial charge on any atom is 0.0586 e. The van der Waals surface area contributed by atoms with Crippen LogP contribution >= 0.6 is 0 Å². The highest BCUT2D eigenvalue weighted by Crippen LogP contribution is 2.18. The third kappa shape index (κ3) is 4.00. The fourth-order valence-electron chi connectivity index (χ4n) is 3.70. The quantitative estimate of drug-likeness (QED) is 0.896. The highest BCUT2D eigenvalue weighted by molar-refractivity contribution is 5.46. The van der Waals surface area contributed by atoms with Crippen LogP contribution in [-0.2, 0) is 0 Å². The fourth-order valence-corrected chi connectivity index (χ4v) is 3.70. The summed E-state index contributed by atoms with van der Waals surface area (Å²) in [5.74, 6) is 0. The molecule has 0 aliphatic carbocycles. The molecule has 2 aliphatic rings. The van der Waals surface area contributed by atoms with E-state index >= 15 is 0 Å². The van der Waals surface area contributed by atoms with E-state index in [-0.39, 0.29) is 0 Å². The largest absolute Gasteiger partial charge is 0.395 e. The van der Waals surface area contributed by atoms with Gasteiger partial charge in [0.15, 0.2) is 0 Å². The number of rotatable bonds is 5. The van der Waals surface area contributed by atoms with Crippen molar-refractivity contribution in [2.75, 3.05) is 57.3 Å². The molecule has 3 rings (SSSR count). The van der Waals surface area contributed by atoms with Gasteiger partial charge in [0.05, 0.1) is 6.61 Å². The number of piperazine rings is 1. The maximum atomic E-state index is 9.50. The van der Waals surface area contributed by atoms with Gasteiger partial charge in [0.25, 0.3) is 0 Å². The summed E-state index contributed by atoms with van der Waals surface area (Å²) in [4.78, 5) is 7.55. The standard InChI is InChI=1S/C18H29N3O/c22-16-18-8-4-5-9-20(18)13-10-19-11-14-21(15-12-19)17-6-2-1-3-7-17/h1-3,6-7,18,22H,4-5,8-16H2/t18-/m0/s1. The molecular weight excluding hydrogens is 274 g/mol. The molecule has 0 spiro atoms. The Morgan fingerprint density at radius 2 is 1.68 bits per heavy atom. The van der Waals surface area contributed by atoms with E-state index in [1.165, 1.54) is 18.5 Å². The molecule has 2 aliphatic heterocycles. The summed E-state index contributed by atoms with van der Waals surface area (Å²) >= 11 is 0. The number of hydrogen-bond donors (Lipinski definition) is 1. The Morgan fingerprint density at radius 1 is 0.909 bits per heavy atom. The van der Waals surface area contributed by atoms with Crippen LogP contribution in [0.4, 0.5) is 5.69 Å². The smallest absolute Gasteiger partial charge is 0.0586 e. The highest BCUT2D eigenvalue weighted by atomic mass is 16.3. The van der Waals surface area contributed by atoms with Gasteiger partial charge in [0.2, 0.25) is 0 Å². The molecule has 0 unspecified atom stereocenters. The average molecular weight is 303 g/mol. The van der Waals surface area contributed by atoms with Crippen LogP contribution in [-0.4, -0.2) is 73.4 Å². The number of anilines is 1. The van der Waals surface area contributed by atoms with Crippen molar-refractivity contribution in [2.45, 2.75) is 25.3 Å². The summed E-state index contributed by atoms with van der Waals surface area (Å²) in [6.07, 6.45) is 3.73. The van der Waals surface area contributed by atoms with Crippen LogP contribution in [0.5, 0.6) is 0 Å². The zero-order valence-electron chi connectivity index (χ0n) is 13.5. The van der Waals surface area contributed by atoms with Gasteiger partial charge in [0.1, 0.15) is 0 Å². The van der Waals surface area contributed by atoms with Crippen LogP contribution in [0.15, 0.2) is 30.3 Å². The molecule has 122 valence electrons. The van der Waals surface area contributed by atoms with E-state index in [0.29, 0.717) is 12.6 Å². The number of piperidine rings is 1. The van der Waals surface area contributed by atoms with Crippen molar-refractivity contribution in [1.82, 2.24) is 9.80 Å². The number of aliphatic hydroxyl groups is 1. The molecule has 4 heteroatoms. The summed E-state index contributed by atoms with van der Waals surface area (Å²) < 4.78 is 0. The molecule has 0 bridgehead atoms. The topological polar surface area (TPSA) is 30.0 Å². The van der Waals surface area contributed by atoms with Crippen LogP contribution in [0.3, 0.4) is 0 Å². The Kier molecular flexibility index (Phi) is 5.70. The van der Waals surface area contributed by atoms with Crippen molar-refractivity contribution < 1.29 is 5.11 Å². The summed E-state index contributed by atoms with van der Waals surface area (Å²) in [7, 11) is 0. The molecule has 0 aromatic heterocycles. The minimum atomic E-state index is 0.321. The molecule has 1 aromatic rings. The third-order valence-electron chi connectivity index (χ3n) is 5.16. The molecule has 1 atom stereocenters. The van der Waals surface area contributed by atoms with E-state index in [2.05, 4.69) is 45.0 Å². The minimum absolute atomic E-state index is 0.321. The Labute approximate surface area is 134 Å². The predicted octanol–water partition coefficient (Wildman–Crippen LogP) is 1.66. The van der Waals surface area contributed by atoms with Crippen LogP contribution in [0, 0.1) is 0 Å². The number of aliphatic hydroxyl groups excluding tert-OH is 1. The predicted molar refractivity (Wildman–Crippen MR) is 91.4 cm³/mol. The van der Waals surface area contributed by atoms with Gasteiger partial charge < -0.3 is 10.0 Å². The lowest BCUT2D eigenvalue weighted by atomic mass is 10.0. The number of likely N-dealkylation sites (tertiary alicyclic amines) is 1. The summed E-state index contributed by atoms with van der Waals surface area (Å²) in [5, 5.41) is 9.50. The Balaban J connectivity index is 1.42. The van der Waals surface area contributed by atoms with Gasteiger partial charge >= 0.3 is 0 Å². The summed E-state index contributed by atoms with van der Waals surface area (Å²) in [5.41, 5.74) is 1.35. The maximum absolute atomic E-state index is 9.50. The van der Waals surface area contributed by atoms with Gasteiger partial charge in [-0.2, -0.15) is 0 Å². The van der Waals surface area contributed by atoms with Crippen molar-refractivity contribution in [1.29, 1.82) is 0 Å². The summed E-state index contributed by atoms with van der Waals surface area (Å²) in [6.45, 7) is 8.26. The Morgan fingerprint density at radius 3 is 2.41 bits per heavy atom. The number of hydrogen-bond acceptors (Lipinski definition) is 4. The third-order valence-corrected chi connectivity index (χ3v) is 5.16. The first kappa shape index (κ1) is 15.8. The van der Waals surface area contributed by atoms with Crippen LogP contribution < -0.4 is 4.90 Å². The zero-order valence-corrected chi connectivity index (χ0v) is 13.5. The lowest BCUT2D eigenvalue weighted by Gasteiger charge is -2.39. The fraction of sp³-hybridized carbons (Fsp3) is 0.667. The number of para-hydroxylation sites is 1. The van der Waals surface area contributed by atoms with Gasteiger partial charge in [-0.1, -0.05) is 24.6 Å². The Hall–Kier alpha value is -1.10. The Bertz CT molecular complexity index is 431. The van der Waals surface area contributed by atoms with Crippen molar-refractivity contribution in [2.24, 2.45) is 0 Å². The monoisotopic (exact) mass is 303 g/mol. The first-order chi connectivity index (χ1) is 10.9. The minimum Gasteiger partial charge on any atom is -0.395 e. The van der Waals surface area contributed by atoms with E-state index in [1.807, 2.05) is 0 Å². The van der Waals surface area contributed by atoms with Gasteiger partial charge in [-0.15, -0.1) is 0 Å². The first-order valence-corrected chi connectivity index (χ1v) is 8.74. The molecule has 1 N–H and O–H groups in total. The molecule has 4 nitrogen and oxygen atoms in total. The molecule has 2 saturated heterocycles. The number of nitrogens with zero attached hydrogens (tertiary/aromatic N) is 3. The normalized spacial score (nSPS) is 24.6. The van der Waals surface area contributed by atoms with E-state index in [1.54, 1.807) is 0 Å². The van der Waals surface area contributed by atoms with Gasteiger partial charge in [-0.25, -0.2) is 0 Å². The second-order valence-corrected chi connectivity index (χ2v) is 6.53. The lowest BCUT2D eigenvalue weighted by molar-refractivity contribution is 0.0783. The molecule has 2 fully saturated rings. The van der Waals surface area contributed by atoms with E-state index < -0.39 is 0 Å². The van der Waals surface area contributed by atoms with Crippen molar-refractivity contribution >= 4 is 5.69 Å². The second-order valence-electron chi connectivity index (χ2n) is 6.53. The van der Waals surface area contributed by atoms with E-state index in [4.69, 9.17) is 0 Å². The second kappa shape index (κ2) is 7.95. The van der Waals surface area contributed by atoms with E-state index in [0.717, 1.165) is 52.2 Å². The van der Waals surface area contributed by atoms with Crippen molar-refractivity contribution in [3.8, 4) is 0 Å². The van der Waals surface area contributed by atoms with Crippen LogP contribution in [0.1, 0.15) is 19.3 Å². The SMILES string of the molecule is OC[C@@H]1CCCCN1CCN1CCN(c2ccccc2)CC1. The van der Waals surface area contributed by atoms with Gasteiger partial charge in [-0.3, -0.25) is 9.80 Å². The molecule has 2 heterocycles. The number of benzene rings is 1. The van der Waals surface area contributed by atoms with Gasteiger partial charge in [-0.05, 0) is 31.5 Å².